The van der Waals surface area contributed by atoms with E-state index < -0.39 is 6.10 Å². The van der Waals surface area contributed by atoms with Crippen molar-refractivity contribution in [3.05, 3.63) is 63.9 Å². The van der Waals surface area contributed by atoms with Gasteiger partial charge in [-0.15, -0.1) is 0 Å². The van der Waals surface area contributed by atoms with Crippen LogP contribution in [0.25, 0.3) is 0 Å². The number of rotatable bonds is 3. The van der Waals surface area contributed by atoms with Gasteiger partial charge in [0.1, 0.15) is 11.6 Å². The third kappa shape index (κ3) is 2.97. The summed E-state index contributed by atoms with van der Waals surface area (Å²) in [5.41, 5.74) is 1.82. The van der Waals surface area contributed by atoms with Crippen molar-refractivity contribution in [2.45, 2.75) is 24.9 Å². The zero-order valence-electron chi connectivity index (χ0n) is 11.4. The van der Waals surface area contributed by atoms with Gasteiger partial charge in [-0.2, -0.15) is 0 Å². The summed E-state index contributed by atoms with van der Waals surface area (Å²) in [6.07, 6.45) is 0.621. The molecule has 3 rings (SSSR count). The maximum atomic E-state index is 13.6. The van der Waals surface area contributed by atoms with Gasteiger partial charge in [-0.1, -0.05) is 30.3 Å². The molecule has 4 heteroatoms. The van der Waals surface area contributed by atoms with Crippen molar-refractivity contribution in [1.82, 2.24) is 0 Å². The van der Waals surface area contributed by atoms with Crippen molar-refractivity contribution < 1.29 is 14.2 Å². The first kappa shape index (κ1) is 14.5. The molecule has 0 spiro atoms. The van der Waals surface area contributed by atoms with Crippen LogP contribution in [0.1, 0.15) is 23.5 Å². The molecule has 0 aromatic heterocycles. The minimum atomic E-state index is -0.562. The molecule has 21 heavy (non-hydrogen) atoms. The summed E-state index contributed by atoms with van der Waals surface area (Å²) >= 11 is 3.25. The van der Waals surface area contributed by atoms with Crippen molar-refractivity contribution in [3.63, 3.8) is 0 Å². The summed E-state index contributed by atoms with van der Waals surface area (Å²) in [5.74, 6) is 0.559. The Morgan fingerprint density at radius 2 is 2.05 bits per heavy atom. The van der Waals surface area contributed by atoms with Crippen LogP contribution in [0.3, 0.4) is 0 Å². The van der Waals surface area contributed by atoms with E-state index in [1.54, 1.807) is 6.07 Å². The zero-order valence-corrected chi connectivity index (χ0v) is 13.0. The number of benzene rings is 2. The Kier molecular flexibility index (Phi) is 4.27. The number of hydrogen-bond acceptors (Lipinski definition) is 2. The molecule has 2 nitrogen and oxygen atoms in total. The summed E-state index contributed by atoms with van der Waals surface area (Å²) in [5, 5.41) is 10.6. The zero-order chi connectivity index (χ0) is 14.8. The fourth-order valence-corrected chi connectivity index (χ4v) is 3.27. The SMILES string of the molecule is OC(Cc1cccc(F)c1Br)C1CCOc2ccccc21. The lowest BCUT2D eigenvalue weighted by Crippen LogP contribution is -2.26. The van der Waals surface area contributed by atoms with Gasteiger partial charge in [0.15, 0.2) is 0 Å². The number of para-hydroxylation sites is 1. The Hall–Kier alpha value is -1.39. The highest BCUT2D eigenvalue weighted by molar-refractivity contribution is 9.10. The third-order valence-corrected chi connectivity index (χ3v) is 4.82. The predicted octanol–water partition coefficient (Wildman–Crippen LogP) is 4.06. The Labute approximate surface area is 131 Å². The first-order chi connectivity index (χ1) is 10.2. The largest absolute Gasteiger partial charge is 0.493 e. The maximum absolute atomic E-state index is 13.6. The summed E-state index contributed by atoms with van der Waals surface area (Å²) in [6, 6.07) is 12.7. The second-order valence-corrected chi connectivity index (χ2v) is 6.06. The van der Waals surface area contributed by atoms with Gasteiger partial charge in [0.25, 0.3) is 0 Å². The van der Waals surface area contributed by atoms with E-state index in [0.717, 1.165) is 23.3 Å². The van der Waals surface area contributed by atoms with Crippen LogP contribution in [-0.2, 0) is 6.42 Å². The number of hydrogen-bond donors (Lipinski definition) is 1. The highest BCUT2D eigenvalue weighted by Gasteiger charge is 2.28. The molecule has 0 fully saturated rings. The molecule has 110 valence electrons. The topological polar surface area (TPSA) is 29.5 Å². The second-order valence-electron chi connectivity index (χ2n) is 5.27. The molecule has 1 N–H and O–H groups in total. The summed E-state index contributed by atoms with van der Waals surface area (Å²) in [6.45, 7) is 0.600. The first-order valence-electron chi connectivity index (χ1n) is 6.99. The first-order valence-corrected chi connectivity index (χ1v) is 7.79. The van der Waals surface area contributed by atoms with E-state index in [1.165, 1.54) is 6.07 Å². The molecule has 0 saturated heterocycles. The van der Waals surface area contributed by atoms with Gasteiger partial charge < -0.3 is 9.84 Å². The molecule has 1 aliphatic heterocycles. The smallest absolute Gasteiger partial charge is 0.137 e. The molecule has 1 heterocycles. The molecule has 0 bridgehead atoms. The van der Waals surface area contributed by atoms with Crippen molar-refractivity contribution in [1.29, 1.82) is 0 Å². The molecule has 0 radical (unpaired) electrons. The summed E-state index contributed by atoms with van der Waals surface area (Å²) in [4.78, 5) is 0. The van der Waals surface area contributed by atoms with E-state index in [4.69, 9.17) is 4.74 Å². The summed E-state index contributed by atoms with van der Waals surface area (Å²) < 4.78 is 19.6. The van der Waals surface area contributed by atoms with Crippen molar-refractivity contribution in [2.75, 3.05) is 6.61 Å². The van der Waals surface area contributed by atoms with E-state index in [1.807, 2.05) is 30.3 Å². The number of ether oxygens (including phenoxy) is 1. The van der Waals surface area contributed by atoms with Crippen LogP contribution in [0.2, 0.25) is 0 Å². The van der Waals surface area contributed by atoms with Crippen molar-refractivity contribution in [3.8, 4) is 5.75 Å². The Morgan fingerprint density at radius 1 is 1.24 bits per heavy atom. The molecule has 0 saturated carbocycles. The Morgan fingerprint density at radius 3 is 2.90 bits per heavy atom. The second kappa shape index (κ2) is 6.16. The molecule has 2 aromatic rings. The van der Waals surface area contributed by atoms with Crippen LogP contribution < -0.4 is 4.74 Å². The fraction of sp³-hybridized carbons (Fsp3) is 0.294. The average molecular weight is 351 g/mol. The third-order valence-electron chi connectivity index (χ3n) is 3.93. The summed E-state index contributed by atoms with van der Waals surface area (Å²) in [7, 11) is 0. The lowest BCUT2D eigenvalue weighted by atomic mass is 9.85. The van der Waals surface area contributed by atoms with Crippen LogP contribution in [0, 0.1) is 5.82 Å². The van der Waals surface area contributed by atoms with Gasteiger partial charge in [0.2, 0.25) is 0 Å². The maximum Gasteiger partial charge on any atom is 0.137 e. The lowest BCUT2D eigenvalue weighted by molar-refractivity contribution is 0.116. The average Bonchev–Trinajstić information content (AvgIpc) is 2.51. The fourth-order valence-electron chi connectivity index (χ4n) is 2.84. The van der Waals surface area contributed by atoms with E-state index in [0.29, 0.717) is 17.5 Å². The Balaban J connectivity index is 1.83. The van der Waals surface area contributed by atoms with E-state index in [9.17, 15) is 9.50 Å². The Bertz CT molecular complexity index is 644. The minimum absolute atomic E-state index is 0.0186. The van der Waals surface area contributed by atoms with Crippen molar-refractivity contribution in [2.24, 2.45) is 0 Å². The van der Waals surface area contributed by atoms with Gasteiger partial charge in [-0.25, -0.2) is 4.39 Å². The van der Waals surface area contributed by atoms with Crippen LogP contribution in [-0.4, -0.2) is 17.8 Å². The molecule has 2 unspecified atom stereocenters. The molecule has 0 amide bonds. The monoisotopic (exact) mass is 350 g/mol. The highest BCUT2D eigenvalue weighted by atomic mass is 79.9. The highest BCUT2D eigenvalue weighted by Crippen LogP contribution is 2.37. The van der Waals surface area contributed by atoms with E-state index >= 15 is 0 Å². The molecular weight excluding hydrogens is 335 g/mol. The standard InChI is InChI=1S/C17H16BrFO2/c18-17-11(4-3-6-14(17)19)10-15(20)12-8-9-21-16-7-2-1-5-13(12)16/h1-7,12,15,20H,8-10H2. The van der Waals surface area contributed by atoms with Gasteiger partial charge in [-0.05, 0) is 45.6 Å². The lowest BCUT2D eigenvalue weighted by Gasteiger charge is -2.29. The van der Waals surface area contributed by atoms with Crippen LogP contribution in [0.4, 0.5) is 4.39 Å². The quantitative estimate of drug-likeness (QED) is 0.904. The van der Waals surface area contributed by atoms with E-state index in [2.05, 4.69) is 15.9 Å². The van der Waals surface area contributed by atoms with Gasteiger partial charge in [0, 0.05) is 12.3 Å². The van der Waals surface area contributed by atoms with E-state index in [-0.39, 0.29) is 11.7 Å². The number of aliphatic hydroxyl groups is 1. The van der Waals surface area contributed by atoms with Gasteiger partial charge in [-0.3, -0.25) is 0 Å². The van der Waals surface area contributed by atoms with Crippen LogP contribution in [0.15, 0.2) is 46.9 Å². The van der Waals surface area contributed by atoms with Gasteiger partial charge in [0.05, 0.1) is 17.2 Å². The molecule has 1 aliphatic rings. The van der Waals surface area contributed by atoms with Crippen LogP contribution >= 0.6 is 15.9 Å². The molecule has 0 aliphatic carbocycles. The van der Waals surface area contributed by atoms with Crippen molar-refractivity contribution >= 4 is 15.9 Å². The predicted molar refractivity (Wildman–Crippen MR) is 83.1 cm³/mol. The molecule has 2 aromatic carbocycles. The number of aliphatic hydroxyl groups excluding tert-OH is 1. The number of fused-ring (bicyclic) bond motifs is 1. The van der Waals surface area contributed by atoms with Crippen LogP contribution in [0.5, 0.6) is 5.75 Å². The molecule has 2 atom stereocenters. The molecular formula is C17H16BrFO2. The minimum Gasteiger partial charge on any atom is -0.493 e. The van der Waals surface area contributed by atoms with Gasteiger partial charge >= 0.3 is 0 Å². The normalized spacial score (nSPS) is 18.7. The number of halogens is 2.